The monoisotopic (exact) mass is 284 g/mol. The van der Waals surface area contributed by atoms with Crippen molar-refractivity contribution in [2.45, 2.75) is 33.1 Å². The Morgan fingerprint density at radius 2 is 2.00 bits per heavy atom. The number of rotatable bonds is 5. The summed E-state index contributed by atoms with van der Waals surface area (Å²) in [5.41, 5.74) is 7.76. The minimum atomic E-state index is 0.576. The van der Waals surface area contributed by atoms with E-state index in [9.17, 15) is 0 Å². The van der Waals surface area contributed by atoms with Crippen molar-refractivity contribution in [1.82, 2.24) is 24.1 Å². The van der Waals surface area contributed by atoms with Gasteiger partial charge in [-0.1, -0.05) is 19.9 Å². The molecule has 21 heavy (non-hydrogen) atoms. The predicted molar refractivity (Wildman–Crippen MR) is 81.6 cm³/mol. The Morgan fingerprint density at radius 1 is 1.14 bits per heavy atom. The number of pyridine rings is 1. The fourth-order valence-corrected chi connectivity index (χ4v) is 2.51. The van der Waals surface area contributed by atoms with E-state index in [2.05, 4.69) is 28.3 Å². The highest BCUT2D eigenvalue weighted by molar-refractivity contribution is 5.48. The van der Waals surface area contributed by atoms with Gasteiger partial charge in [-0.05, 0) is 18.7 Å². The van der Waals surface area contributed by atoms with E-state index < -0.39 is 0 Å². The molecule has 0 spiro atoms. The lowest BCUT2D eigenvalue weighted by molar-refractivity contribution is 0.756. The van der Waals surface area contributed by atoms with Crippen LogP contribution in [0.15, 0.2) is 24.4 Å². The molecule has 0 atom stereocenters. The molecule has 3 rings (SSSR count). The van der Waals surface area contributed by atoms with Crippen molar-refractivity contribution >= 4 is 5.65 Å². The van der Waals surface area contributed by atoms with Gasteiger partial charge in [-0.3, -0.25) is 0 Å². The van der Waals surface area contributed by atoms with Gasteiger partial charge in [-0.25, -0.2) is 9.97 Å². The summed E-state index contributed by atoms with van der Waals surface area (Å²) in [5, 5.41) is 4.60. The van der Waals surface area contributed by atoms with E-state index >= 15 is 0 Å². The molecule has 2 N–H and O–H groups in total. The highest BCUT2D eigenvalue weighted by Crippen LogP contribution is 2.18. The summed E-state index contributed by atoms with van der Waals surface area (Å²) in [6, 6.07) is 5.97. The fourth-order valence-electron chi connectivity index (χ4n) is 2.51. The normalized spacial score (nSPS) is 11.4. The van der Waals surface area contributed by atoms with Gasteiger partial charge in [0.05, 0.1) is 5.69 Å². The third kappa shape index (κ3) is 2.31. The molecule has 0 aliphatic carbocycles. The summed E-state index contributed by atoms with van der Waals surface area (Å²) in [4.78, 5) is 9.29. The number of nitrogens with zero attached hydrogens (tertiary/aromatic N) is 5. The highest BCUT2D eigenvalue weighted by Gasteiger charge is 2.17. The molecule has 0 aliphatic heterocycles. The Balaban J connectivity index is 2.23. The zero-order chi connectivity index (χ0) is 14.8. The Morgan fingerprint density at radius 3 is 2.71 bits per heavy atom. The van der Waals surface area contributed by atoms with E-state index in [0.29, 0.717) is 6.54 Å². The van der Waals surface area contributed by atoms with E-state index in [1.807, 2.05) is 29.1 Å². The van der Waals surface area contributed by atoms with Gasteiger partial charge in [0, 0.05) is 25.5 Å². The Kier molecular flexibility index (Phi) is 3.70. The first-order valence-electron chi connectivity index (χ1n) is 7.39. The van der Waals surface area contributed by atoms with E-state index in [1.54, 1.807) is 0 Å². The molecule has 3 aromatic rings. The molecular formula is C15H20N6. The van der Waals surface area contributed by atoms with E-state index in [1.165, 1.54) is 0 Å². The maximum Gasteiger partial charge on any atom is 0.177 e. The fraction of sp³-hybridized carbons (Fsp3) is 0.400. The average molecular weight is 284 g/mol. The summed E-state index contributed by atoms with van der Waals surface area (Å²) in [6.45, 7) is 4.72. The van der Waals surface area contributed by atoms with Crippen LogP contribution in [0.1, 0.15) is 31.2 Å². The number of imidazole rings is 1. The van der Waals surface area contributed by atoms with E-state index in [-0.39, 0.29) is 0 Å². The van der Waals surface area contributed by atoms with Crippen molar-refractivity contribution in [3.63, 3.8) is 0 Å². The molecule has 0 radical (unpaired) electrons. The maximum atomic E-state index is 5.77. The molecule has 6 heteroatoms. The smallest absolute Gasteiger partial charge is 0.177 e. The van der Waals surface area contributed by atoms with Crippen molar-refractivity contribution < 1.29 is 0 Å². The number of aryl methyl sites for hydroxylation is 2. The minimum Gasteiger partial charge on any atom is -0.330 e. The van der Waals surface area contributed by atoms with Gasteiger partial charge in [0.25, 0.3) is 0 Å². The zero-order valence-electron chi connectivity index (χ0n) is 12.5. The number of fused-ring (bicyclic) bond motifs is 1. The molecule has 0 saturated heterocycles. The summed E-state index contributed by atoms with van der Waals surface area (Å²) in [6.07, 6.45) is 4.41. The molecule has 0 bridgehead atoms. The van der Waals surface area contributed by atoms with E-state index in [0.717, 1.165) is 48.1 Å². The van der Waals surface area contributed by atoms with Crippen LogP contribution in [-0.2, 0) is 19.3 Å². The Labute approximate surface area is 123 Å². The van der Waals surface area contributed by atoms with Crippen LogP contribution in [0.5, 0.6) is 0 Å². The summed E-state index contributed by atoms with van der Waals surface area (Å²) >= 11 is 0. The van der Waals surface area contributed by atoms with Gasteiger partial charge in [0.1, 0.15) is 11.5 Å². The second-order valence-electron chi connectivity index (χ2n) is 4.91. The third-order valence-corrected chi connectivity index (χ3v) is 3.54. The molecule has 3 aromatic heterocycles. The second kappa shape index (κ2) is 5.65. The van der Waals surface area contributed by atoms with Crippen LogP contribution in [0, 0.1) is 0 Å². The number of aromatic nitrogens is 5. The van der Waals surface area contributed by atoms with Crippen LogP contribution in [0.25, 0.3) is 11.5 Å². The summed E-state index contributed by atoms with van der Waals surface area (Å²) in [7, 11) is 0. The molecule has 0 aromatic carbocycles. The average Bonchev–Trinajstić information content (AvgIpc) is 3.09. The molecule has 0 aliphatic rings. The second-order valence-corrected chi connectivity index (χ2v) is 4.91. The van der Waals surface area contributed by atoms with Crippen LogP contribution in [0.2, 0.25) is 0 Å². The van der Waals surface area contributed by atoms with Gasteiger partial charge >= 0.3 is 0 Å². The zero-order valence-corrected chi connectivity index (χ0v) is 12.5. The lowest BCUT2D eigenvalue weighted by Crippen LogP contribution is -2.11. The lowest BCUT2D eigenvalue weighted by atomic mass is 10.3. The van der Waals surface area contributed by atoms with Crippen LogP contribution < -0.4 is 5.73 Å². The largest absolute Gasteiger partial charge is 0.330 e. The standard InChI is InChI=1S/C15H20N6/c1-3-12-17-13(4-2)21(19-12)15-11(8-9-16)20-10-6-5-7-14(20)18-15/h5-7,10H,3-4,8-9,16H2,1-2H3. The quantitative estimate of drug-likeness (QED) is 0.771. The number of nitrogens with two attached hydrogens (primary N) is 1. The van der Waals surface area contributed by atoms with Crippen LogP contribution in [0.4, 0.5) is 0 Å². The van der Waals surface area contributed by atoms with E-state index in [4.69, 9.17) is 10.7 Å². The molecule has 110 valence electrons. The topological polar surface area (TPSA) is 74.0 Å². The van der Waals surface area contributed by atoms with Crippen LogP contribution >= 0.6 is 0 Å². The number of hydrogen-bond donors (Lipinski definition) is 1. The summed E-state index contributed by atoms with van der Waals surface area (Å²) < 4.78 is 3.95. The molecule has 0 amide bonds. The predicted octanol–water partition coefficient (Wildman–Crippen LogP) is 1.54. The lowest BCUT2D eigenvalue weighted by Gasteiger charge is -2.05. The van der Waals surface area contributed by atoms with Crippen LogP contribution in [-0.4, -0.2) is 30.7 Å². The number of hydrogen-bond acceptors (Lipinski definition) is 4. The van der Waals surface area contributed by atoms with Gasteiger partial charge in [-0.15, -0.1) is 5.10 Å². The first-order valence-corrected chi connectivity index (χ1v) is 7.39. The molecule has 3 heterocycles. The first kappa shape index (κ1) is 13.8. The van der Waals surface area contributed by atoms with Gasteiger partial charge in [-0.2, -0.15) is 4.68 Å². The van der Waals surface area contributed by atoms with Crippen molar-refractivity contribution in [3.05, 3.63) is 41.7 Å². The molecule has 6 nitrogen and oxygen atoms in total. The third-order valence-electron chi connectivity index (χ3n) is 3.54. The van der Waals surface area contributed by atoms with Gasteiger partial charge in [0.2, 0.25) is 0 Å². The Hall–Kier alpha value is -2.21. The Bertz CT molecular complexity index is 755. The molecule has 0 fully saturated rings. The highest BCUT2D eigenvalue weighted by atomic mass is 15.4. The van der Waals surface area contributed by atoms with Crippen LogP contribution in [0.3, 0.4) is 0 Å². The van der Waals surface area contributed by atoms with Crippen molar-refractivity contribution in [2.75, 3.05) is 6.54 Å². The van der Waals surface area contributed by atoms with Crippen molar-refractivity contribution in [1.29, 1.82) is 0 Å². The first-order chi connectivity index (χ1) is 10.3. The maximum absolute atomic E-state index is 5.77. The minimum absolute atomic E-state index is 0.576. The van der Waals surface area contributed by atoms with Crippen molar-refractivity contribution in [2.24, 2.45) is 5.73 Å². The van der Waals surface area contributed by atoms with Gasteiger partial charge in [0.15, 0.2) is 11.6 Å². The summed E-state index contributed by atoms with van der Waals surface area (Å²) in [5.74, 6) is 2.63. The molecular weight excluding hydrogens is 264 g/mol. The molecule has 0 saturated carbocycles. The van der Waals surface area contributed by atoms with Gasteiger partial charge < -0.3 is 10.1 Å². The SMILES string of the molecule is CCc1nc(CC)n(-c2nc3ccccn3c2CCN)n1. The van der Waals surface area contributed by atoms with Crippen molar-refractivity contribution in [3.8, 4) is 5.82 Å². The molecule has 0 unspecified atom stereocenters.